The Morgan fingerprint density at radius 1 is 0.258 bits per heavy atom. The van der Waals surface area contributed by atoms with E-state index in [-0.39, 0.29) is 19.0 Å². The molecule has 8 aromatic carbocycles. The van der Waals surface area contributed by atoms with Gasteiger partial charge in [-0.3, -0.25) is 4.79 Å². The zero-order valence-corrected chi connectivity index (χ0v) is 34.2. The van der Waals surface area contributed by atoms with E-state index < -0.39 is 0 Å². The van der Waals surface area contributed by atoms with Gasteiger partial charge in [0.1, 0.15) is 74.1 Å². The monoisotopic (exact) mass is 818 g/mol. The summed E-state index contributed by atoms with van der Waals surface area (Å²) < 4.78 is 37.0. The molecule has 0 unspecified atom stereocenters. The van der Waals surface area contributed by atoms with Crippen molar-refractivity contribution in [1.29, 1.82) is 0 Å². The Labute approximate surface area is 362 Å². The fraction of sp³-hybridized carbons (Fsp3) is 0.109. The highest BCUT2D eigenvalue weighted by Gasteiger charge is 2.12. The van der Waals surface area contributed by atoms with Crippen LogP contribution < -0.4 is 28.4 Å². The van der Waals surface area contributed by atoms with E-state index in [2.05, 4.69) is 0 Å². The lowest BCUT2D eigenvalue weighted by Crippen LogP contribution is -2.03. The van der Waals surface area contributed by atoms with Gasteiger partial charge in [-0.05, 0) is 106 Å². The minimum Gasteiger partial charge on any atom is -0.489 e. The first-order valence-electron chi connectivity index (χ1n) is 20.5. The molecule has 0 saturated carbocycles. The first-order valence-corrected chi connectivity index (χ1v) is 20.5. The van der Waals surface area contributed by atoms with Crippen LogP contribution in [-0.2, 0) is 39.6 Å². The Balaban J connectivity index is 0.872. The second-order valence-electron chi connectivity index (χ2n) is 14.7. The SMILES string of the molecule is O=C(c1ccc(OCc2cc(OCc3ccccc3)cc(OCc3ccccc3)c2)cc1)c1ccc(OCc2cc(OCc3ccccc3)cc(OCc3ccccc3)c2)cc1. The van der Waals surface area contributed by atoms with Crippen LogP contribution in [0.5, 0.6) is 34.5 Å². The quantitative estimate of drug-likeness (QED) is 0.0709. The molecular formula is C55H46O7. The van der Waals surface area contributed by atoms with E-state index in [0.29, 0.717) is 72.1 Å². The van der Waals surface area contributed by atoms with Gasteiger partial charge in [-0.25, -0.2) is 0 Å². The van der Waals surface area contributed by atoms with Gasteiger partial charge in [0.25, 0.3) is 0 Å². The largest absolute Gasteiger partial charge is 0.489 e. The van der Waals surface area contributed by atoms with Gasteiger partial charge in [0.15, 0.2) is 5.78 Å². The maximum Gasteiger partial charge on any atom is 0.193 e. The summed E-state index contributed by atoms with van der Waals surface area (Å²) in [6.45, 7) is 2.29. The van der Waals surface area contributed by atoms with Crippen LogP contribution in [-0.4, -0.2) is 5.78 Å². The Hall–Kier alpha value is -7.77. The minimum atomic E-state index is -0.102. The normalized spacial score (nSPS) is 10.7. The molecule has 0 bridgehead atoms. The first kappa shape index (κ1) is 41.0. The zero-order valence-electron chi connectivity index (χ0n) is 34.2. The predicted molar refractivity (Wildman–Crippen MR) is 241 cm³/mol. The molecule has 0 aromatic heterocycles. The molecular weight excluding hydrogens is 773 g/mol. The molecule has 7 heteroatoms. The highest BCUT2D eigenvalue weighted by atomic mass is 16.5. The second kappa shape index (κ2) is 21.0. The van der Waals surface area contributed by atoms with Crippen LogP contribution in [0.3, 0.4) is 0 Å². The van der Waals surface area contributed by atoms with Gasteiger partial charge in [-0.2, -0.15) is 0 Å². The molecule has 8 aromatic rings. The van der Waals surface area contributed by atoms with Crippen LogP contribution in [0.15, 0.2) is 206 Å². The van der Waals surface area contributed by atoms with Crippen molar-refractivity contribution in [3.8, 4) is 34.5 Å². The zero-order chi connectivity index (χ0) is 42.2. The minimum absolute atomic E-state index is 0.102. The Morgan fingerprint density at radius 2 is 0.500 bits per heavy atom. The van der Waals surface area contributed by atoms with E-state index in [9.17, 15) is 4.79 Å². The summed E-state index contributed by atoms with van der Waals surface area (Å²) in [6.07, 6.45) is 0. The Bertz CT molecular complexity index is 2310. The van der Waals surface area contributed by atoms with Crippen LogP contribution in [0.4, 0.5) is 0 Å². The Kier molecular flexibility index (Phi) is 13.9. The van der Waals surface area contributed by atoms with Crippen LogP contribution in [0.2, 0.25) is 0 Å². The maximum atomic E-state index is 13.5. The molecule has 8 rings (SSSR count). The van der Waals surface area contributed by atoms with Crippen LogP contribution in [0.25, 0.3) is 0 Å². The van der Waals surface area contributed by atoms with Crippen LogP contribution in [0.1, 0.15) is 49.3 Å². The molecule has 0 aliphatic carbocycles. The fourth-order valence-corrected chi connectivity index (χ4v) is 6.63. The predicted octanol–water partition coefficient (Wildman–Crippen LogP) is 12.4. The van der Waals surface area contributed by atoms with Crippen molar-refractivity contribution >= 4 is 5.78 Å². The van der Waals surface area contributed by atoms with Crippen molar-refractivity contribution in [3.05, 3.63) is 251 Å². The van der Waals surface area contributed by atoms with Crippen LogP contribution >= 0.6 is 0 Å². The molecule has 0 saturated heterocycles. The number of ether oxygens (including phenoxy) is 6. The van der Waals surface area contributed by atoms with Crippen molar-refractivity contribution in [2.45, 2.75) is 39.6 Å². The van der Waals surface area contributed by atoms with Gasteiger partial charge in [0, 0.05) is 23.3 Å². The fourth-order valence-electron chi connectivity index (χ4n) is 6.63. The van der Waals surface area contributed by atoms with Gasteiger partial charge in [0.2, 0.25) is 0 Å². The summed E-state index contributed by atoms with van der Waals surface area (Å²) in [6, 6.07) is 66.1. The summed E-state index contributed by atoms with van der Waals surface area (Å²) >= 11 is 0. The molecule has 0 fully saturated rings. The molecule has 0 radical (unpaired) electrons. The number of benzene rings is 8. The molecule has 308 valence electrons. The molecule has 7 nitrogen and oxygen atoms in total. The first-order chi connectivity index (χ1) is 30.6. The van der Waals surface area contributed by atoms with Gasteiger partial charge in [0.05, 0.1) is 0 Å². The third-order valence-corrected chi connectivity index (χ3v) is 9.92. The maximum absolute atomic E-state index is 13.5. The average molecular weight is 819 g/mol. The molecule has 0 aliphatic rings. The smallest absolute Gasteiger partial charge is 0.193 e. The molecule has 0 aliphatic heterocycles. The Morgan fingerprint density at radius 3 is 0.774 bits per heavy atom. The van der Waals surface area contributed by atoms with E-state index in [1.807, 2.05) is 182 Å². The number of hydrogen-bond donors (Lipinski definition) is 0. The van der Waals surface area contributed by atoms with Crippen molar-refractivity contribution in [3.63, 3.8) is 0 Å². The van der Waals surface area contributed by atoms with Crippen molar-refractivity contribution in [1.82, 2.24) is 0 Å². The summed E-state index contributed by atoms with van der Waals surface area (Å²) in [5.41, 5.74) is 7.17. The number of carbonyl (C=O) groups excluding carboxylic acids is 1. The highest BCUT2D eigenvalue weighted by Crippen LogP contribution is 2.28. The molecule has 0 spiro atoms. The molecule has 0 atom stereocenters. The van der Waals surface area contributed by atoms with E-state index in [1.165, 1.54) is 0 Å². The summed E-state index contributed by atoms with van der Waals surface area (Å²) in [4.78, 5) is 13.5. The third kappa shape index (κ3) is 12.1. The summed E-state index contributed by atoms with van der Waals surface area (Å²) in [5.74, 6) is 3.92. The lowest BCUT2D eigenvalue weighted by molar-refractivity contribution is 0.103. The molecule has 62 heavy (non-hydrogen) atoms. The number of hydrogen-bond acceptors (Lipinski definition) is 7. The van der Waals surface area contributed by atoms with E-state index >= 15 is 0 Å². The van der Waals surface area contributed by atoms with Crippen molar-refractivity contribution < 1.29 is 33.2 Å². The lowest BCUT2D eigenvalue weighted by atomic mass is 10.0. The summed E-state index contributed by atoms with van der Waals surface area (Å²) in [7, 11) is 0. The van der Waals surface area contributed by atoms with Gasteiger partial charge in [-0.1, -0.05) is 121 Å². The van der Waals surface area contributed by atoms with E-state index in [0.717, 1.165) is 33.4 Å². The van der Waals surface area contributed by atoms with Gasteiger partial charge >= 0.3 is 0 Å². The van der Waals surface area contributed by atoms with Crippen molar-refractivity contribution in [2.75, 3.05) is 0 Å². The number of ketones is 1. The van der Waals surface area contributed by atoms with Crippen LogP contribution in [0, 0.1) is 0 Å². The van der Waals surface area contributed by atoms with Crippen molar-refractivity contribution in [2.24, 2.45) is 0 Å². The third-order valence-electron chi connectivity index (χ3n) is 9.92. The number of rotatable bonds is 20. The summed E-state index contributed by atoms with van der Waals surface area (Å²) in [5, 5.41) is 0. The molecule has 0 N–H and O–H groups in total. The lowest BCUT2D eigenvalue weighted by Gasteiger charge is -2.14. The van der Waals surface area contributed by atoms with E-state index in [1.54, 1.807) is 24.3 Å². The standard InChI is InChI=1S/C55H46O7/c56-55(47-21-25-49(26-22-47)57-39-45-29-51(59-35-41-13-5-1-6-14-41)33-52(30-45)60-36-42-15-7-2-8-16-42)48-23-27-50(28-24-48)58-40-46-31-53(61-37-43-17-9-3-10-18-43)34-54(32-46)62-38-44-19-11-4-12-20-44/h1-34H,35-40H2. The highest BCUT2D eigenvalue weighted by molar-refractivity contribution is 6.09. The molecule has 0 heterocycles. The van der Waals surface area contributed by atoms with E-state index in [4.69, 9.17) is 28.4 Å². The average Bonchev–Trinajstić information content (AvgIpc) is 3.34. The molecule has 0 amide bonds. The second-order valence-corrected chi connectivity index (χ2v) is 14.7. The van der Waals surface area contributed by atoms with Gasteiger partial charge in [-0.15, -0.1) is 0 Å². The number of carbonyl (C=O) groups is 1. The topological polar surface area (TPSA) is 72.5 Å². The van der Waals surface area contributed by atoms with Gasteiger partial charge < -0.3 is 28.4 Å².